The first kappa shape index (κ1) is 13.4. The Morgan fingerprint density at radius 3 is 2.74 bits per heavy atom. The highest BCUT2D eigenvalue weighted by Gasteiger charge is 2.15. The zero-order chi connectivity index (χ0) is 13.7. The van der Waals surface area contributed by atoms with Gasteiger partial charge in [0.1, 0.15) is 0 Å². The Hall–Kier alpha value is -2.08. The van der Waals surface area contributed by atoms with Crippen molar-refractivity contribution in [3.8, 4) is 0 Å². The van der Waals surface area contributed by atoms with Gasteiger partial charge in [-0.25, -0.2) is 4.98 Å². The van der Waals surface area contributed by atoms with Crippen LogP contribution in [0.15, 0.2) is 52.5 Å². The van der Waals surface area contributed by atoms with Crippen molar-refractivity contribution in [3.05, 3.63) is 52.9 Å². The second-order valence-corrected chi connectivity index (χ2v) is 5.18. The Morgan fingerprint density at radius 2 is 2.05 bits per heavy atom. The highest BCUT2D eigenvalue weighted by Crippen LogP contribution is 2.19. The van der Waals surface area contributed by atoms with E-state index in [1.807, 2.05) is 30.3 Å². The number of aromatic amines is 1. The minimum Gasteiger partial charge on any atom is -0.325 e. The number of anilines is 1. The third-order valence-electron chi connectivity index (χ3n) is 2.35. The highest BCUT2D eigenvalue weighted by atomic mass is 32.2. The molecular formula is C13H13N3O2S. The number of carbonyl (C=O) groups is 1. The number of hydrogen-bond donors (Lipinski definition) is 2. The first-order valence-electron chi connectivity index (χ1n) is 5.73. The van der Waals surface area contributed by atoms with Gasteiger partial charge in [0.15, 0.2) is 5.16 Å². The topological polar surface area (TPSA) is 74.8 Å². The average molecular weight is 275 g/mol. The molecule has 2 aromatic rings. The van der Waals surface area contributed by atoms with Gasteiger partial charge in [-0.15, -0.1) is 0 Å². The van der Waals surface area contributed by atoms with Gasteiger partial charge < -0.3 is 10.3 Å². The van der Waals surface area contributed by atoms with E-state index >= 15 is 0 Å². The van der Waals surface area contributed by atoms with Gasteiger partial charge in [0.2, 0.25) is 5.91 Å². The number of para-hydroxylation sites is 1. The van der Waals surface area contributed by atoms with Crippen LogP contribution in [0.4, 0.5) is 5.69 Å². The van der Waals surface area contributed by atoms with Crippen LogP contribution in [-0.2, 0) is 4.79 Å². The average Bonchev–Trinajstić information content (AvgIpc) is 2.40. The van der Waals surface area contributed by atoms with Crippen LogP contribution in [0.3, 0.4) is 0 Å². The second-order valence-electron chi connectivity index (χ2n) is 3.85. The maximum Gasteiger partial charge on any atom is 0.251 e. The number of thioether (sulfide) groups is 1. The van der Waals surface area contributed by atoms with Crippen LogP contribution < -0.4 is 10.9 Å². The van der Waals surface area contributed by atoms with Crippen LogP contribution >= 0.6 is 11.8 Å². The lowest BCUT2D eigenvalue weighted by atomic mass is 10.3. The molecule has 19 heavy (non-hydrogen) atoms. The van der Waals surface area contributed by atoms with Crippen LogP contribution in [0, 0.1) is 0 Å². The lowest BCUT2D eigenvalue weighted by Crippen LogP contribution is -2.23. The van der Waals surface area contributed by atoms with Gasteiger partial charge in [-0.05, 0) is 19.1 Å². The fourth-order valence-electron chi connectivity index (χ4n) is 1.40. The number of nitrogens with zero attached hydrogens (tertiary/aromatic N) is 1. The van der Waals surface area contributed by atoms with Gasteiger partial charge in [-0.2, -0.15) is 0 Å². The molecule has 1 amide bonds. The molecule has 0 saturated carbocycles. The van der Waals surface area contributed by atoms with Crippen molar-refractivity contribution >= 4 is 23.4 Å². The molecule has 0 spiro atoms. The van der Waals surface area contributed by atoms with E-state index in [0.717, 1.165) is 5.69 Å². The van der Waals surface area contributed by atoms with Gasteiger partial charge >= 0.3 is 0 Å². The van der Waals surface area contributed by atoms with Gasteiger partial charge in [-0.3, -0.25) is 9.59 Å². The van der Waals surface area contributed by atoms with E-state index < -0.39 is 0 Å². The summed E-state index contributed by atoms with van der Waals surface area (Å²) in [5.41, 5.74) is 0.516. The molecule has 1 aromatic carbocycles. The molecule has 0 aliphatic heterocycles. The smallest absolute Gasteiger partial charge is 0.251 e. The maximum atomic E-state index is 11.9. The molecule has 1 atom stereocenters. The van der Waals surface area contributed by atoms with E-state index in [1.54, 1.807) is 6.92 Å². The zero-order valence-corrected chi connectivity index (χ0v) is 11.1. The minimum atomic E-state index is -0.356. The fraction of sp³-hybridized carbons (Fsp3) is 0.154. The Morgan fingerprint density at radius 1 is 1.32 bits per heavy atom. The molecule has 0 fully saturated rings. The Bertz CT molecular complexity index is 613. The van der Waals surface area contributed by atoms with Crippen molar-refractivity contribution in [3.63, 3.8) is 0 Å². The van der Waals surface area contributed by atoms with E-state index in [4.69, 9.17) is 0 Å². The van der Waals surface area contributed by atoms with Crippen molar-refractivity contribution in [2.75, 3.05) is 5.32 Å². The van der Waals surface area contributed by atoms with Crippen LogP contribution in [0.2, 0.25) is 0 Å². The quantitative estimate of drug-likeness (QED) is 0.660. The Labute approximate surface area is 114 Å². The summed E-state index contributed by atoms with van der Waals surface area (Å²) in [6, 6.07) is 10.5. The third kappa shape index (κ3) is 3.96. The van der Waals surface area contributed by atoms with Crippen molar-refractivity contribution in [1.29, 1.82) is 0 Å². The fourth-order valence-corrected chi connectivity index (χ4v) is 2.18. The number of amides is 1. The molecule has 0 saturated heterocycles. The number of nitrogens with one attached hydrogen (secondary N) is 2. The molecule has 0 radical (unpaired) electrons. The lowest BCUT2D eigenvalue weighted by Gasteiger charge is -2.10. The summed E-state index contributed by atoms with van der Waals surface area (Å²) in [5, 5.41) is 2.87. The lowest BCUT2D eigenvalue weighted by molar-refractivity contribution is -0.115. The van der Waals surface area contributed by atoms with E-state index in [-0.39, 0.29) is 16.7 Å². The molecule has 5 nitrogen and oxygen atoms in total. The predicted molar refractivity (Wildman–Crippen MR) is 75.2 cm³/mol. The Kier molecular flexibility index (Phi) is 4.35. The Balaban J connectivity index is 1.98. The molecule has 2 N–H and O–H groups in total. The van der Waals surface area contributed by atoms with E-state index in [9.17, 15) is 9.59 Å². The van der Waals surface area contributed by atoms with Gasteiger partial charge in [0.05, 0.1) is 5.25 Å². The van der Waals surface area contributed by atoms with Gasteiger partial charge in [-0.1, -0.05) is 30.0 Å². The minimum absolute atomic E-state index is 0.136. The predicted octanol–water partition coefficient (Wildman–Crippen LogP) is 1.89. The standard InChI is InChI=1S/C13H13N3O2S/c1-9(19-13-14-8-7-11(17)16-13)12(18)15-10-5-3-2-4-6-10/h2-9H,1H3,(H,15,18)(H,14,16,17). The van der Waals surface area contributed by atoms with Crippen LogP contribution in [0.25, 0.3) is 0 Å². The molecular weight excluding hydrogens is 262 g/mol. The molecule has 1 heterocycles. The molecule has 6 heteroatoms. The summed E-state index contributed by atoms with van der Waals surface area (Å²) in [4.78, 5) is 29.6. The summed E-state index contributed by atoms with van der Waals surface area (Å²) in [6.45, 7) is 1.76. The summed E-state index contributed by atoms with van der Waals surface area (Å²) >= 11 is 1.21. The molecule has 2 rings (SSSR count). The van der Waals surface area contributed by atoms with Crippen LogP contribution in [0.1, 0.15) is 6.92 Å². The molecule has 0 bridgehead atoms. The van der Waals surface area contributed by atoms with E-state index in [2.05, 4.69) is 15.3 Å². The van der Waals surface area contributed by atoms with E-state index in [1.165, 1.54) is 24.0 Å². The van der Waals surface area contributed by atoms with Crippen molar-refractivity contribution in [2.24, 2.45) is 0 Å². The zero-order valence-electron chi connectivity index (χ0n) is 10.3. The second kappa shape index (κ2) is 6.19. The largest absolute Gasteiger partial charge is 0.325 e. The normalized spacial score (nSPS) is 11.8. The van der Waals surface area contributed by atoms with Crippen molar-refractivity contribution in [2.45, 2.75) is 17.3 Å². The first-order valence-corrected chi connectivity index (χ1v) is 6.61. The van der Waals surface area contributed by atoms with Crippen LogP contribution in [-0.4, -0.2) is 21.1 Å². The number of carbonyl (C=O) groups excluding carboxylic acids is 1. The molecule has 98 valence electrons. The third-order valence-corrected chi connectivity index (χ3v) is 3.35. The molecule has 0 aliphatic rings. The summed E-state index contributed by atoms with van der Waals surface area (Å²) in [5.74, 6) is -0.136. The van der Waals surface area contributed by atoms with Crippen molar-refractivity contribution in [1.82, 2.24) is 9.97 Å². The van der Waals surface area contributed by atoms with E-state index in [0.29, 0.717) is 5.16 Å². The maximum absolute atomic E-state index is 11.9. The molecule has 1 aromatic heterocycles. The number of aromatic nitrogens is 2. The molecule has 1 unspecified atom stereocenters. The SMILES string of the molecule is CC(Sc1nccc(=O)[nH]1)C(=O)Nc1ccccc1. The van der Waals surface area contributed by atoms with Crippen molar-refractivity contribution < 1.29 is 4.79 Å². The number of benzene rings is 1. The number of H-pyrrole nitrogens is 1. The first-order chi connectivity index (χ1) is 9.15. The monoisotopic (exact) mass is 275 g/mol. The van der Waals surface area contributed by atoms with Gasteiger partial charge in [0, 0.05) is 18.0 Å². The summed E-state index contributed by atoms with van der Waals surface area (Å²) < 4.78 is 0. The van der Waals surface area contributed by atoms with Crippen LogP contribution in [0.5, 0.6) is 0 Å². The van der Waals surface area contributed by atoms with Gasteiger partial charge in [0.25, 0.3) is 5.56 Å². The number of rotatable bonds is 4. The summed E-state index contributed by atoms with van der Waals surface area (Å²) in [6.07, 6.45) is 1.42. The molecule has 0 aliphatic carbocycles. The highest BCUT2D eigenvalue weighted by molar-refractivity contribution is 8.00. The summed E-state index contributed by atoms with van der Waals surface area (Å²) in [7, 11) is 0. The number of hydrogen-bond acceptors (Lipinski definition) is 4.